The van der Waals surface area contributed by atoms with E-state index < -0.39 is 17.8 Å². The monoisotopic (exact) mass is 703 g/mol. The van der Waals surface area contributed by atoms with Gasteiger partial charge in [0.2, 0.25) is 5.91 Å². The molecule has 1 saturated heterocycles. The highest BCUT2D eigenvalue weighted by Gasteiger charge is 2.39. The second kappa shape index (κ2) is 15.9. The van der Waals surface area contributed by atoms with Gasteiger partial charge in [0.25, 0.3) is 0 Å². The number of carboxylic acid groups (broad SMARTS) is 1. The first kappa shape index (κ1) is 35.8. The minimum atomic E-state index is -0.916. The maximum atomic E-state index is 15.3. The van der Waals surface area contributed by atoms with Crippen molar-refractivity contribution in [3.8, 4) is 33.6 Å². The molecule has 1 N–H and O–H groups in total. The van der Waals surface area contributed by atoms with Crippen LogP contribution in [0.4, 0.5) is 4.39 Å². The molecule has 0 radical (unpaired) electrons. The summed E-state index contributed by atoms with van der Waals surface area (Å²) in [6.45, 7) is 6.73. The zero-order valence-electron chi connectivity index (χ0n) is 29.1. The van der Waals surface area contributed by atoms with Gasteiger partial charge in [-0.05, 0) is 65.6 Å². The first-order chi connectivity index (χ1) is 24.6. The molecule has 1 aliphatic heterocycles. The molecule has 1 amide bonds. The number of carboxylic acids is 1. The molecule has 7 nitrogen and oxygen atoms in total. The summed E-state index contributed by atoms with van der Waals surface area (Å²) in [7, 11) is 0. The van der Waals surface area contributed by atoms with E-state index in [0.29, 0.717) is 34.2 Å². The molecule has 9 heteroatoms. The first-order valence-corrected chi connectivity index (χ1v) is 18.3. The molecule has 0 bridgehead atoms. The highest BCUT2D eigenvalue weighted by molar-refractivity contribution is 7.14. The number of carbonyl (C=O) groups is 3. The van der Waals surface area contributed by atoms with Gasteiger partial charge in [-0.2, -0.15) is 0 Å². The summed E-state index contributed by atoms with van der Waals surface area (Å²) in [6.07, 6.45) is 6.59. The number of aryl methyl sites for hydroxylation is 1. The molecule has 262 valence electrons. The van der Waals surface area contributed by atoms with Crippen molar-refractivity contribution in [2.24, 2.45) is 17.8 Å². The van der Waals surface area contributed by atoms with Crippen molar-refractivity contribution in [1.29, 1.82) is 0 Å². The van der Waals surface area contributed by atoms with Crippen LogP contribution in [0.25, 0.3) is 33.6 Å². The molecule has 0 aliphatic carbocycles. The summed E-state index contributed by atoms with van der Waals surface area (Å²) < 4.78 is 15.3. The fourth-order valence-corrected chi connectivity index (χ4v) is 7.62. The third kappa shape index (κ3) is 8.66. The minimum absolute atomic E-state index is 0.0454. The van der Waals surface area contributed by atoms with Crippen LogP contribution in [0, 0.1) is 23.6 Å². The molecule has 2 aromatic heterocycles. The summed E-state index contributed by atoms with van der Waals surface area (Å²) in [5.41, 5.74) is 5.65. The van der Waals surface area contributed by atoms with Crippen LogP contribution in [0.15, 0.2) is 91.3 Å². The van der Waals surface area contributed by atoms with Crippen molar-refractivity contribution in [1.82, 2.24) is 14.9 Å². The second-order valence-corrected chi connectivity index (χ2v) is 15.0. The lowest BCUT2D eigenvalue weighted by Crippen LogP contribution is -2.55. The number of Topliss-reactive ketones (excluding diaryl/α,β-unsaturated/α-hetero) is 1. The average Bonchev–Trinajstić information content (AvgIpc) is 3.56. The van der Waals surface area contributed by atoms with Crippen LogP contribution >= 0.6 is 11.3 Å². The lowest BCUT2D eigenvalue weighted by Gasteiger charge is -2.38. The minimum Gasteiger partial charge on any atom is -0.481 e. The molecule has 51 heavy (non-hydrogen) atoms. The summed E-state index contributed by atoms with van der Waals surface area (Å²) in [5.74, 6) is -1.79. The highest BCUT2D eigenvalue weighted by atomic mass is 32.1. The van der Waals surface area contributed by atoms with Crippen molar-refractivity contribution in [3.05, 3.63) is 118 Å². The Morgan fingerprint density at radius 3 is 2.12 bits per heavy atom. The molecule has 1 aliphatic rings. The molecule has 0 unspecified atom stereocenters. The topological polar surface area (TPSA) is 100 Å². The van der Waals surface area contributed by atoms with Crippen molar-refractivity contribution >= 4 is 29.0 Å². The molecule has 1 fully saturated rings. The number of aliphatic carboxylic acids is 1. The predicted octanol–water partition coefficient (Wildman–Crippen LogP) is 8.80. The van der Waals surface area contributed by atoms with Crippen molar-refractivity contribution in [2.75, 3.05) is 13.1 Å². The second-order valence-electron chi connectivity index (χ2n) is 13.8. The number of hydrogen-bond donors (Lipinski definition) is 1. The zero-order chi connectivity index (χ0) is 36.1. The van der Waals surface area contributed by atoms with Crippen LogP contribution in [0.3, 0.4) is 0 Å². The number of amides is 1. The lowest BCUT2D eigenvalue weighted by atomic mass is 9.89. The van der Waals surface area contributed by atoms with Gasteiger partial charge in [0.1, 0.15) is 5.82 Å². The van der Waals surface area contributed by atoms with E-state index >= 15 is 4.39 Å². The third-order valence-electron chi connectivity index (χ3n) is 9.32. The normalized spacial score (nSPS) is 13.6. The van der Waals surface area contributed by atoms with E-state index in [9.17, 15) is 19.5 Å². The fraction of sp³-hybridized carbons (Fsp3) is 0.310. The van der Waals surface area contributed by atoms with E-state index in [-0.39, 0.29) is 37.0 Å². The van der Waals surface area contributed by atoms with Crippen LogP contribution in [-0.2, 0) is 28.9 Å². The lowest BCUT2D eigenvalue weighted by molar-refractivity contribution is -0.154. The number of benzene rings is 3. The average molecular weight is 704 g/mol. The molecule has 0 saturated carbocycles. The van der Waals surface area contributed by atoms with E-state index in [2.05, 4.69) is 42.9 Å². The quantitative estimate of drug-likeness (QED) is 0.116. The number of ketones is 1. The predicted molar refractivity (Wildman–Crippen MR) is 199 cm³/mol. The maximum Gasteiger partial charge on any atom is 0.310 e. The highest BCUT2D eigenvalue weighted by Crippen LogP contribution is 2.30. The third-order valence-corrected chi connectivity index (χ3v) is 10.5. The van der Waals surface area contributed by atoms with Gasteiger partial charge in [-0.1, -0.05) is 87.9 Å². The Labute approximate surface area is 302 Å². The molecular weight excluding hydrogens is 662 g/mol. The Kier molecular flexibility index (Phi) is 11.2. The number of aromatic nitrogens is 2. The van der Waals surface area contributed by atoms with Crippen LogP contribution in [0.5, 0.6) is 0 Å². The van der Waals surface area contributed by atoms with Crippen LogP contribution in [0.1, 0.15) is 59.3 Å². The van der Waals surface area contributed by atoms with Gasteiger partial charge in [-0.3, -0.25) is 14.4 Å². The summed E-state index contributed by atoms with van der Waals surface area (Å²) in [5, 5.41) is 9.32. The molecule has 3 aromatic carbocycles. The van der Waals surface area contributed by atoms with Crippen LogP contribution in [-0.4, -0.2) is 50.7 Å². The number of hydrogen-bond acceptors (Lipinski definition) is 6. The SMILES string of the molecule is CCCc1ccc(-c2ccc(-c3cnc(-c4ccc(C[C@H](CC(=O)c5ccc(CC(C)C)s5)C(=O)N5CC(C(=O)O)C5)cc4)nc3)c(F)c2)cc1. The maximum absolute atomic E-state index is 15.3. The van der Waals surface area contributed by atoms with E-state index in [0.717, 1.165) is 46.4 Å². The summed E-state index contributed by atoms with van der Waals surface area (Å²) in [4.78, 5) is 50.6. The number of thiophene rings is 1. The number of rotatable bonds is 14. The van der Waals surface area contributed by atoms with Gasteiger partial charge in [-0.15, -0.1) is 11.3 Å². The molecule has 3 heterocycles. The Morgan fingerprint density at radius 2 is 1.49 bits per heavy atom. The van der Waals surface area contributed by atoms with E-state index in [1.165, 1.54) is 16.9 Å². The van der Waals surface area contributed by atoms with Gasteiger partial charge in [0.05, 0.1) is 10.8 Å². The Hall–Kier alpha value is -5.02. The smallest absolute Gasteiger partial charge is 0.310 e. The van der Waals surface area contributed by atoms with Crippen LogP contribution in [0.2, 0.25) is 0 Å². The van der Waals surface area contributed by atoms with Crippen molar-refractivity contribution in [2.45, 2.75) is 52.9 Å². The van der Waals surface area contributed by atoms with Crippen molar-refractivity contribution in [3.63, 3.8) is 0 Å². The van der Waals surface area contributed by atoms with Gasteiger partial charge >= 0.3 is 5.97 Å². The van der Waals surface area contributed by atoms with E-state index in [1.54, 1.807) is 29.4 Å². The van der Waals surface area contributed by atoms with Gasteiger partial charge in [0, 0.05) is 59.4 Å². The number of halogens is 1. The van der Waals surface area contributed by atoms with Crippen molar-refractivity contribution < 1.29 is 23.9 Å². The molecule has 6 rings (SSSR count). The molecule has 0 spiro atoms. The molecule has 5 aromatic rings. The molecule has 1 atom stereocenters. The van der Waals surface area contributed by atoms with Gasteiger partial charge in [0.15, 0.2) is 11.6 Å². The Balaban J connectivity index is 1.14. The Bertz CT molecular complexity index is 2000. The first-order valence-electron chi connectivity index (χ1n) is 17.5. The fourth-order valence-electron chi connectivity index (χ4n) is 6.46. The zero-order valence-corrected chi connectivity index (χ0v) is 30.0. The van der Waals surface area contributed by atoms with E-state index in [1.807, 2.05) is 54.6 Å². The number of likely N-dealkylation sites (tertiary alicyclic amines) is 1. The number of nitrogens with zero attached hydrogens (tertiary/aromatic N) is 3. The largest absolute Gasteiger partial charge is 0.481 e. The van der Waals surface area contributed by atoms with Gasteiger partial charge in [-0.25, -0.2) is 14.4 Å². The van der Waals surface area contributed by atoms with Gasteiger partial charge < -0.3 is 10.0 Å². The van der Waals surface area contributed by atoms with Crippen LogP contribution < -0.4 is 0 Å². The molecular formula is C42H42FN3O4S. The standard InChI is InChI=1S/C42H42FN3O4S/c1-4-5-27-6-10-29(11-7-27)31-14-16-36(37(43)20-31)33-22-44-40(45-23-33)30-12-8-28(9-13-30)19-32(41(48)46-24-34(25-46)42(49)50)21-38(47)39-17-15-35(51-39)18-26(2)3/h6-17,20,22-23,26,32,34H,4-5,18-19,21,24-25H2,1-3H3,(H,49,50)/t32-/m1/s1. The summed E-state index contributed by atoms with van der Waals surface area (Å²) >= 11 is 1.48. The summed E-state index contributed by atoms with van der Waals surface area (Å²) in [6, 6.07) is 24.8. The number of carbonyl (C=O) groups excluding carboxylic acids is 2. The van der Waals surface area contributed by atoms with E-state index in [4.69, 9.17) is 0 Å². The Morgan fingerprint density at radius 1 is 0.843 bits per heavy atom.